The number of primary amides is 2. The summed E-state index contributed by atoms with van der Waals surface area (Å²) in [5, 5.41) is 4.82. The highest BCUT2D eigenvalue weighted by molar-refractivity contribution is 7.09. The first kappa shape index (κ1) is 11.7. The van der Waals surface area contributed by atoms with Gasteiger partial charge >= 0.3 is 0 Å². The van der Waals surface area contributed by atoms with Gasteiger partial charge in [-0.2, -0.15) is 0 Å². The summed E-state index contributed by atoms with van der Waals surface area (Å²) >= 11 is 1.56. The highest BCUT2D eigenvalue weighted by Gasteiger charge is 2.17. The topological polar surface area (TPSA) is 98.2 Å². The third-order valence-corrected chi connectivity index (χ3v) is 2.73. The molecule has 15 heavy (non-hydrogen) atoms. The Morgan fingerprint density at radius 3 is 2.67 bits per heavy atom. The summed E-state index contributed by atoms with van der Waals surface area (Å²) in [6, 6.07) is 3.15. The van der Waals surface area contributed by atoms with Crippen LogP contribution in [0.3, 0.4) is 0 Å². The molecule has 0 saturated heterocycles. The van der Waals surface area contributed by atoms with E-state index < -0.39 is 17.9 Å². The molecule has 0 aromatic carbocycles. The number of hydrogen-bond donors (Lipinski definition) is 3. The van der Waals surface area contributed by atoms with E-state index in [9.17, 15) is 9.59 Å². The van der Waals surface area contributed by atoms with Crippen LogP contribution in [0.2, 0.25) is 0 Å². The van der Waals surface area contributed by atoms with Crippen molar-refractivity contribution in [2.45, 2.75) is 19.0 Å². The van der Waals surface area contributed by atoms with Gasteiger partial charge in [0.25, 0.3) is 0 Å². The number of rotatable bonds is 6. The molecule has 0 spiro atoms. The van der Waals surface area contributed by atoms with Crippen LogP contribution >= 0.6 is 11.3 Å². The van der Waals surface area contributed by atoms with E-state index in [4.69, 9.17) is 11.5 Å². The number of carbonyl (C=O) groups excluding carboxylic acids is 2. The maximum absolute atomic E-state index is 10.9. The van der Waals surface area contributed by atoms with Crippen LogP contribution in [0.25, 0.3) is 0 Å². The molecule has 0 saturated carbocycles. The van der Waals surface area contributed by atoms with Crippen molar-refractivity contribution in [2.75, 3.05) is 0 Å². The minimum atomic E-state index is -0.690. The zero-order valence-electron chi connectivity index (χ0n) is 8.10. The fourth-order valence-corrected chi connectivity index (χ4v) is 1.77. The van der Waals surface area contributed by atoms with Crippen LogP contribution in [0.1, 0.15) is 11.3 Å². The van der Waals surface area contributed by atoms with Gasteiger partial charge in [0.15, 0.2) is 0 Å². The Kier molecular flexibility index (Phi) is 4.26. The van der Waals surface area contributed by atoms with Crippen molar-refractivity contribution in [3.63, 3.8) is 0 Å². The van der Waals surface area contributed by atoms with Crippen molar-refractivity contribution in [3.05, 3.63) is 22.4 Å². The predicted molar refractivity (Wildman–Crippen MR) is 58.0 cm³/mol. The maximum Gasteiger partial charge on any atom is 0.235 e. The standard InChI is InChI=1S/C9H13N3O2S/c10-8(13)4-7(9(11)14)12-5-6-2-1-3-15-6/h1-3,7,12H,4-5H2,(H2,10,13)(H2,11,14)/t7-/m0/s1. The smallest absolute Gasteiger partial charge is 0.235 e. The average molecular weight is 227 g/mol. The van der Waals surface area contributed by atoms with Crippen molar-refractivity contribution in [2.24, 2.45) is 11.5 Å². The molecule has 1 rings (SSSR count). The Morgan fingerprint density at radius 2 is 2.20 bits per heavy atom. The van der Waals surface area contributed by atoms with Gasteiger partial charge in [0.05, 0.1) is 12.5 Å². The number of thiophene rings is 1. The van der Waals surface area contributed by atoms with E-state index in [1.54, 1.807) is 11.3 Å². The van der Waals surface area contributed by atoms with E-state index >= 15 is 0 Å². The van der Waals surface area contributed by atoms with Crippen LogP contribution < -0.4 is 16.8 Å². The number of nitrogens with two attached hydrogens (primary N) is 2. The lowest BCUT2D eigenvalue weighted by Gasteiger charge is -2.12. The second-order valence-corrected chi connectivity index (χ2v) is 4.12. The lowest BCUT2D eigenvalue weighted by molar-refractivity contribution is -0.125. The first-order chi connectivity index (χ1) is 7.09. The van der Waals surface area contributed by atoms with Crippen LogP contribution in [0.15, 0.2) is 17.5 Å². The van der Waals surface area contributed by atoms with Gasteiger partial charge in [-0.15, -0.1) is 11.3 Å². The first-order valence-electron chi connectivity index (χ1n) is 4.43. The molecule has 0 aliphatic rings. The SMILES string of the molecule is NC(=O)C[C@H](NCc1cccs1)C(N)=O. The lowest BCUT2D eigenvalue weighted by Crippen LogP contribution is -2.43. The molecule has 1 aromatic heterocycles. The van der Waals surface area contributed by atoms with E-state index in [-0.39, 0.29) is 6.42 Å². The van der Waals surface area contributed by atoms with E-state index in [2.05, 4.69) is 5.32 Å². The molecule has 1 heterocycles. The molecule has 1 atom stereocenters. The number of amides is 2. The number of nitrogens with one attached hydrogen (secondary N) is 1. The summed E-state index contributed by atoms with van der Waals surface area (Å²) < 4.78 is 0. The molecule has 5 N–H and O–H groups in total. The lowest BCUT2D eigenvalue weighted by atomic mass is 10.2. The Bertz CT molecular complexity index is 337. The van der Waals surface area contributed by atoms with E-state index in [1.807, 2.05) is 17.5 Å². The molecule has 0 aliphatic heterocycles. The van der Waals surface area contributed by atoms with Crippen molar-refractivity contribution in [3.8, 4) is 0 Å². The predicted octanol–water partition coefficient (Wildman–Crippen LogP) is -0.433. The Labute approximate surface area is 91.4 Å². The second-order valence-electron chi connectivity index (χ2n) is 3.09. The van der Waals surface area contributed by atoms with Gasteiger partial charge < -0.3 is 16.8 Å². The highest BCUT2D eigenvalue weighted by atomic mass is 32.1. The van der Waals surface area contributed by atoms with Crippen LogP contribution in [0.4, 0.5) is 0 Å². The molecule has 0 aliphatic carbocycles. The van der Waals surface area contributed by atoms with E-state index in [1.165, 1.54) is 0 Å². The summed E-state index contributed by atoms with van der Waals surface area (Å²) in [6.45, 7) is 0.512. The van der Waals surface area contributed by atoms with Gasteiger partial charge in [0.2, 0.25) is 11.8 Å². The van der Waals surface area contributed by atoms with Gasteiger partial charge in [-0.05, 0) is 11.4 Å². The molecule has 6 heteroatoms. The fourth-order valence-electron chi connectivity index (χ4n) is 1.11. The summed E-state index contributed by atoms with van der Waals surface area (Å²) in [6.07, 6.45) is -0.0687. The molecule has 1 aromatic rings. The minimum absolute atomic E-state index is 0.0687. The summed E-state index contributed by atoms with van der Waals surface area (Å²) in [4.78, 5) is 22.7. The van der Waals surface area contributed by atoms with E-state index in [0.29, 0.717) is 6.54 Å². The van der Waals surface area contributed by atoms with Crippen molar-refractivity contribution in [1.29, 1.82) is 0 Å². The second kappa shape index (κ2) is 5.47. The molecule has 0 radical (unpaired) electrons. The van der Waals surface area contributed by atoms with Crippen molar-refractivity contribution in [1.82, 2.24) is 5.32 Å². The monoisotopic (exact) mass is 227 g/mol. The highest BCUT2D eigenvalue weighted by Crippen LogP contribution is 2.08. The maximum atomic E-state index is 10.9. The van der Waals surface area contributed by atoms with Gasteiger partial charge in [0, 0.05) is 11.4 Å². The molecular weight excluding hydrogens is 214 g/mol. The Hall–Kier alpha value is -1.40. The summed E-state index contributed by atoms with van der Waals surface area (Å²) in [5.41, 5.74) is 10.1. The van der Waals surface area contributed by atoms with Gasteiger partial charge in [-0.1, -0.05) is 6.07 Å². The molecule has 0 fully saturated rings. The van der Waals surface area contributed by atoms with Crippen molar-refractivity contribution < 1.29 is 9.59 Å². The van der Waals surface area contributed by atoms with Gasteiger partial charge in [-0.25, -0.2) is 0 Å². The zero-order chi connectivity index (χ0) is 11.3. The molecular formula is C9H13N3O2S. The molecule has 82 valence electrons. The normalized spacial score (nSPS) is 12.3. The van der Waals surface area contributed by atoms with Crippen LogP contribution in [0.5, 0.6) is 0 Å². The molecule has 5 nitrogen and oxygen atoms in total. The molecule has 2 amide bonds. The summed E-state index contributed by atoms with van der Waals surface area (Å²) in [7, 11) is 0. The van der Waals surface area contributed by atoms with Crippen LogP contribution in [0, 0.1) is 0 Å². The van der Waals surface area contributed by atoms with Crippen LogP contribution in [-0.2, 0) is 16.1 Å². The Morgan fingerprint density at radius 1 is 1.47 bits per heavy atom. The first-order valence-corrected chi connectivity index (χ1v) is 5.31. The third-order valence-electron chi connectivity index (χ3n) is 1.85. The third kappa shape index (κ3) is 4.09. The number of carbonyl (C=O) groups is 2. The fraction of sp³-hybridized carbons (Fsp3) is 0.333. The Balaban J connectivity index is 2.45. The molecule has 0 bridgehead atoms. The largest absolute Gasteiger partial charge is 0.370 e. The summed E-state index contributed by atoms with van der Waals surface area (Å²) in [5.74, 6) is -1.11. The number of hydrogen-bond acceptors (Lipinski definition) is 4. The van der Waals surface area contributed by atoms with Crippen molar-refractivity contribution >= 4 is 23.2 Å². The average Bonchev–Trinajstić information content (AvgIpc) is 2.63. The minimum Gasteiger partial charge on any atom is -0.370 e. The zero-order valence-corrected chi connectivity index (χ0v) is 8.92. The van der Waals surface area contributed by atoms with Gasteiger partial charge in [0.1, 0.15) is 0 Å². The quantitative estimate of drug-likeness (QED) is 0.614. The van der Waals surface area contributed by atoms with E-state index in [0.717, 1.165) is 4.88 Å². The van der Waals surface area contributed by atoms with Gasteiger partial charge in [-0.3, -0.25) is 9.59 Å². The van der Waals surface area contributed by atoms with Crippen LogP contribution in [-0.4, -0.2) is 17.9 Å². The molecule has 0 unspecified atom stereocenters.